The first-order valence-corrected chi connectivity index (χ1v) is 8.17. The fourth-order valence-corrected chi connectivity index (χ4v) is 3.26. The largest absolute Gasteiger partial charge is 0.497 e. The molecule has 0 aromatic heterocycles. The number of ether oxygens (including phenoxy) is 2. The number of aryl methyl sites for hydroxylation is 2. The van der Waals surface area contributed by atoms with Gasteiger partial charge in [0.15, 0.2) is 5.78 Å². The fraction of sp³-hybridized carbons (Fsp3) is 0.350. The molecule has 24 heavy (non-hydrogen) atoms. The van der Waals surface area contributed by atoms with Gasteiger partial charge in [-0.05, 0) is 66.3 Å². The summed E-state index contributed by atoms with van der Waals surface area (Å²) in [6, 6.07) is 11.5. The highest BCUT2D eigenvalue weighted by molar-refractivity contribution is 6.00. The maximum absolute atomic E-state index is 11.2. The SMILES string of the molecule is COc1ccc2c(c1)CCC2=O.COc1ccc2c(c1)CCC2O. The molecule has 0 saturated carbocycles. The van der Waals surface area contributed by atoms with Crippen molar-refractivity contribution in [3.63, 3.8) is 0 Å². The van der Waals surface area contributed by atoms with Crippen LogP contribution in [0.2, 0.25) is 0 Å². The Morgan fingerprint density at radius 2 is 1.58 bits per heavy atom. The summed E-state index contributed by atoms with van der Waals surface area (Å²) >= 11 is 0. The number of benzene rings is 2. The van der Waals surface area contributed by atoms with Gasteiger partial charge in [0.05, 0.1) is 20.3 Å². The molecule has 0 spiro atoms. The second-order valence-electron chi connectivity index (χ2n) is 6.07. The van der Waals surface area contributed by atoms with Gasteiger partial charge in [-0.25, -0.2) is 0 Å². The Morgan fingerprint density at radius 3 is 2.29 bits per heavy atom. The van der Waals surface area contributed by atoms with Crippen LogP contribution in [0.5, 0.6) is 11.5 Å². The van der Waals surface area contributed by atoms with E-state index >= 15 is 0 Å². The van der Waals surface area contributed by atoms with Crippen LogP contribution in [0.3, 0.4) is 0 Å². The van der Waals surface area contributed by atoms with Crippen molar-refractivity contribution in [2.45, 2.75) is 31.8 Å². The van der Waals surface area contributed by atoms with Gasteiger partial charge in [-0.1, -0.05) is 6.07 Å². The van der Waals surface area contributed by atoms with E-state index in [-0.39, 0.29) is 11.9 Å². The first kappa shape index (κ1) is 16.5. The number of ketones is 1. The molecule has 0 bridgehead atoms. The summed E-state index contributed by atoms with van der Waals surface area (Å²) < 4.78 is 10.2. The summed E-state index contributed by atoms with van der Waals surface area (Å²) in [7, 11) is 3.30. The Labute approximate surface area is 142 Å². The molecule has 126 valence electrons. The molecule has 1 atom stereocenters. The zero-order chi connectivity index (χ0) is 17.1. The maximum atomic E-state index is 11.2. The van der Waals surface area contributed by atoms with Crippen molar-refractivity contribution >= 4 is 5.78 Å². The van der Waals surface area contributed by atoms with Gasteiger partial charge in [-0.15, -0.1) is 0 Å². The summed E-state index contributed by atoms with van der Waals surface area (Å²) in [5, 5.41) is 9.50. The lowest BCUT2D eigenvalue weighted by atomic mass is 10.1. The van der Waals surface area contributed by atoms with E-state index in [9.17, 15) is 9.90 Å². The van der Waals surface area contributed by atoms with Crippen LogP contribution in [-0.4, -0.2) is 25.1 Å². The Kier molecular flexibility index (Phi) is 4.86. The molecule has 2 aliphatic rings. The molecule has 2 aromatic rings. The zero-order valence-corrected chi connectivity index (χ0v) is 14.0. The number of hydrogen-bond acceptors (Lipinski definition) is 4. The summed E-state index contributed by atoms with van der Waals surface area (Å²) in [6.45, 7) is 0. The molecule has 4 rings (SSSR count). The highest BCUT2D eigenvalue weighted by atomic mass is 16.5. The van der Waals surface area contributed by atoms with Crippen LogP contribution in [0.15, 0.2) is 36.4 Å². The van der Waals surface area contributed by atoms with E-state index in [4.69, 9.17) is 9.47 Å². The molecule has 1 N–H and O–H groups in total. The van der Waals surface area contributed by atoms with Crippen molar-refractivity contribution in [3.05, 3.63) is 58.7 Å². The average molecular weight is 326 g/mol. The molecule has 0 radical (unpaired) electrons. The van der Waals surface area contributed by atoms with Crippen LogP contribution in [0.25, 0.3) is 0 Å². The van der Waals surface area contributed by atoms with E-state index in [0.29, 0.717) is 6.42 Å². The predicted molar refractivity (Wildman–Crippen MR) is 91.9 cm³/mol. The Morgan fingerprint density at radius 1 is 0.917 bits per heavy atom. The summed E-state index contributed by atoms with van der Waals surface area (Å²) in [4.78, 5) is 11.2. The van der Waals surface area contributed by atoms with E-state index in [0.717, 1.165) is 47.5 Å². The van der Waals surface area contributed by atoms with E-state index < -0.39 is 0 Å². The number of rotatable bonds is 2. The second-order valence-corrected chi connectivity index (χ2v) is 6.07. The number of hydrogen-bond donors (Lipinski definition) is 1. The fourth-order valence-electron chi connectivity index (χ4n) is 3.26. The van der Waals surface area contributed by atoms with Crippen molar-refractivity contribution in [1.82, 2.24) is 0 Å². The number of Topliss-reactive ketones (excluding diaryl/α,β-unsaturated/α-hetero) is 1. The van der Waals surface area contributed by atoms with Gasteiger partial charge in [0.25, 0.3) is 0 Å². The van der Waals surface area contributed by atoms with Gasteiger partial charge in [-0.3, -0.25) is 4.79 Å². The van der Waals surface area contributed by atoms with Crippen LogP contribution in [0.1, 0.15) is 46.0 Å². The van der Waals surface area contributed by atoms with Crippen molar-refractivity contribution in [2.75, 3.05) is 14.2 Å². The quantitative estimate of drug-likeness (QED) is 0.918. The molecule has 0 amide bonds. The Bertz CT molecular complexity index is 751. The van der Waals surface area contributed by atoms with Gasteiger partial charge in [0, 0.05) is 12.0 Å². The van der Waals surface area contributed by atoms with Crippen LogP contribution in [0.4, 0.5) is 0 Å². The number of fused-ring (bicyclic) bond motifs is 2. The Balaban J connectivity index is 0.000000141. The third kappa shape index (κ3) is 3.29. The lowest BCUT2D eigenvalue weighted by Gasteiger charge is -2.05. The van der Waals surface area contributed by atoms with Crippen molar-refractivity contribution < 1.29 is 19.4 Å². The van der Waals surface area contributed by atoms with Gasteiger partial charge < -0.3 is 14.6 Å². The molecule has 4 nitrogen and oxygen atoms in total. The minimum atomic E-state index is -0.258. The van der Waals surface area contributed by atoms with E-state index in [1.54, 1.807) is 14.2 Å². The van der Waals surface area contributed by atoms with Gasteiger partial charge >= 0.3 is 0 Å². The molecule has 0 heterocycles. The summed E-state index contributed by atoms with van der Waals surface area (Å²) in [5.41, 5.74) is 4.28. The van der Waals surface area contributed by atoms with Crippen LogP contribution >= 0.6 is 0 Å². The predicted octanol–water partition coefficient (Wildman–Crippen LogP) is 3.50. The molecule has 2 aromatic carbocycles. The number of aliphatic hydroxyl groups is 1. The van der Waals surface area contributed by atoms with Crippen molar-refractivity contribution in [3.8, 4) is 11.5 Å². The monoisotopic (exact) mass is 326 g/mol. The summed E-state index contributed by atoms with van der Waals surface area (Å²) in [5.74, 6) is 1.97. The smallest absolute Gasteiger partial charge is 0.163 e. The highest BCUT2D eigenvalue weighted by Crippen LogP contribution is 2.33. The highest BCUT2D eigenvalue weighted by Gasteiger charge is 2.20. The number of carbonyl (C=O) groups excluding carboxylic acids is 1. The molecule has 4 heteroatoms. The van der Waals surface area contributed by atoms with Crippen LogP contribution in [0, 0.1) is 0 Å². The van der Waals surface area contributed by atoms with E-state index in [1.165, 1.54) is 5.56 Å². The number of aliphatic hydroxyl groups excluding tert-OH is 1. The van der Waals surface area contributed by atoms with Crippen molar-refractivity contribution in [1.29, 1.82) is 0 Å². The topological polar surface area (TPSA) is 55.8 Å². The molecular weight excluding hydrogens is 304 g/mol. The molecule has 0 fully saturated rings. The standard InChI is InChI=1S/C10H12O2.C10H10O2/c2*1-12-8-3-4-9-7(6-8)2-5-10(9)11/h3-4,6,10-11H,2,5H2,1H3;3-4,6H,2,5H2,1H3. The molecule has 1 unspecified atom stereocenters. The third-order valence-corrected chi connectivity index (χ3v) is 4.63. The lowest BCUT2D eigenvalue weighted by molar-refractivity contribution is 0.0994. The maximum Gasteiger partial charge on any atom is 0.163 e. The van der Waals surface area contributed by atoms with Crippen LogP contribution in [-0.2, 0) is 12.8 Å². The van der Waals surface area contributed by atoms with Gasteiger partial charge in [0.2, 0.25) is 0 Å². The minimum absolute atomic E-state index is 0.257. The van der Waals surface area contributed by atoms with Crippen molar-refractivity contribution in [2.24, 2.45) is 0 Å². The Hall–Kier alpha value is -2.33. The number of methoxy groups -OCH3 is 2. The molecule has 0 saturated heterocycles. The summed E-state index contributed by atoms with van der Waals surface area (Å²) in [6.07, 6.45) is 3.08. The third-order valence-electron chi connectivity index (χ3n) is 4.63. The van der Waals surface area contributed by atoms with Crippen LogP contribution < -0.4 is 9.47 Å². The molecular formula is C20H22O4. The lowest BCUT2D eigenvalue weighted by Crippen LogP contribution is -1.91. The molecule has 0 aliphatic heterocycles. The number of carbonyl (C=O) groups is 1. The molecule has 2 aliphatic carbocycles. The van der Waals surface area contributed by atoms with Gasteiger partial charge in [-0.2, -0.15) is 0 Å². The van der Waals surface area contributed by atoms with Gasteiger partial charge in [0.1, 0.15) is 11.5 Å². The first-order chi connectivity index (χ1) is 11.6. The average Bonchev–Trinajstić information content (AvgIpc) is 3.18. The first-order valence-electron chi connectivity index (χ1n) is 8.17. The van der Waals surface area contributed by atoms with E-state index in [1.807, 2.05) is 36.4 Å². The minimum Gasteiger partial charge on any atom is -0.497 e. The normalized spacial score (nSPS) is 17.6. The second kappa shape index (κ2) is 7.05. The van der Waals surface area contributed by atoms with E-state index in [2.05, 4.69) is 0 Å². The zero-order valence-electron chi connectivity index (χ0n) is 14.0.